The molecule has 0 heterocycles. The number of nitrogens with zero attached hydrogens (tertiary/aromatic N) is 1. The molecule has 0 unspecified atom stereocenters. The van der Waals surface area contributed by atoms with Crippen molar-refractivity contribution in [2.24, 2.45) is 0 Å². The molecule has 26 heavy (non-hydrogen) atoms. The maximum Gasteiger partial charge on any atom is 0.248 e. The predicted molar refractivity (Wildman–Crippen MR) is 111 cm³/mol. The molecule has 0 aromatic rings. The Hall–Kier alpha value is -0.256. The lowest BCUT2D eigenvalue weighted by Gasteiger charge is -2.33. The smallest absolute Gasteiger partial charge is 0.248 e. The number of hydroxylamine groups is 2. The third-order valence-corrected chi connectivity index (χ3v) is 11.2. The number of ether oxygens (including phenoxy) is 2. The molecule has 1 atom stereocenters. The van der Waals surface area contributed by atoms with Crippen LogP contribution in [0.1, 0.15) is 27.2 Å². The van der Waals surface area contributed by atoms with E-state index in [-0.39, 0.29) is 25.2 Å². The molecule has 156 valence electrons. The molecule has 0 saturated carbocycles. The van der Waals surface area contributed by atoms with E-state index in [1.165, 1.54) is 12.2 Å². The van der Waals surface area contributed by atoms with Crippen molar-refractivity contribution in [3.8, 4) is 0 Å². The van der Waals surface area contributed by atoms with E-state index in [9.17, 15) is 4.79 Å². The van der Waals surface area contributed by atoms with Crippen molar-refractivity contribution in [2.75, 3.05) is 34.2 Å². The van der Waals surface area contributed by atoms with Gasteiger partial charge in [-0.2, -0.15) is 0 Å². The Balaban J connectivity index is 4.61. The van der Waals surface area contributed by atoms with Crippen molar-refractivity contribution >= 4 is 22.3 Å². The van der Waals surface area contributed by atoms with Gasteiger partial charge in [0.1, 0.15) is 6.79 Å². The molecule has 0 aliphatic carbocycles. The first kappa shape index (κ1) is 25.7. The normalized spacial score (nSPS) is 13.7. The number of amides is 1. The van der Waals surface area contributed by atoms with Gasteiger partial charge in [-0.15, -0.1) is 0 Å². The van der Waals surface area contributed by atoms with Crippen LogP contribution in [0.3, 0.4) is 0 Å². The average Bonchev–Trinajstić information content (AvgIpc) is 2.60. The summed E-state index contributed by atoms with van der Waals surface area (Å²) in [6.45, 7) is 14.8. The van der Waals surface area contributed by atoms with Crippen LogP contribution in [0.4, 0.5) is 0 Å². The highest BCUT2D eigenvalue weighted by Gasteiger charge is 2.33. The number of rotatable bonds is 15. The van der Waals surface area contributed by atoms with Gasteiger partial charge in [-0.3, -0.25) is 9.63 Å². The van der Waals surface area contributed by atoms with Crippen LogP contribution in [0.2, 0.25) is 43.8 Å². The number of hydrogen-bond donors (Lipinski definition) is 0. The van der Waals surface area contributed by atoms with Crippen LogP contribution in [0, 0.1) is 0 Å². The third kappa shape index (κ3) is 10.8. The van der Waals surface area contributed by atoms with Crippen LogP contribution in [-0.4, -0.2) is 67.6 Å². The molecule has 0 spiro atoms. The van der Waals surface area contributed by atoms with Crippen molar-refractivity contribution in [1.82, 2.24) is 5.06 Å². The Morgan fingerprint density at radius 1 is 1.04 bits per heavy atom. The molecule has 0 rings (SSSR count). The Labute approximate surface area is 162 Å². The molecule has 8 heteroatoms. The van der Waals surface area contributed by atoms with Gasteiger partial charge in [-0.05, 0) is 24.2 Å². The van der Waals surface area contributed by atoms with Gasteiger partial charge >= 0.3 is 0 Å². The minimum absolute atomic E-state index is 0.105. The summed E-state index contributed by atoms with van der Waals surface area (Å²) in [6.07, 6.45) is 0.000716. The number of carbonyl (C=O) groups excluding carboxylic acids is 1. The van der Waals surface area contributed by atoms with Crippen LogP contribution in [-0.2, 0) is 23.5 Å². The van der Waals surface area contributed by atoms with E-state index in [2.05, 4.69) is 40.4 Å². The Morgan fingerprint density at radius 3 is 2.08 bits per heavy atom. The van der Waals surface area contributed by atoms with Gasteiger partial charge in [0.05, 0.1) is 26.2 Å². The molecule has 0 aliphatic rings. The molecular weight excluding hydrogens is 366 g/mol. The summed E-state index contributed by atoms with van der Waals surface area (Å²) in [5.41, 5.74) is 0. The first-order valence-electron chi connectivity index (χ1n) is 9.77. The second kappa shape index (κ2) is 13.0. The van der Waals surface area contributed by atoms with Crippen molar-refractivity contribution < 1.29 is 23.5 Å². The fourth-order valence-electron chi connectivity index (χ4n) is 2.59. The van der Waals surface area contributed by atoms with E-state index in [0.717, 1.165) is 30.8 Å². The summed E-state index contributed by atoms with van der Waals surface area (Å²) < 4.78 is 17.7. The predicted octanol–water partition coefficient (Wildman–Crippen LogP) is 4.12. The molecule has 0 aliphatic heterocycles. The summed E-state index contributed by atoms with van der Waals surface area (Å²) in [4.78, 5) is 17.2. The monoisotopic (exact) mass is 407 g/mol. The molecular formula is C18H41NO5Si2. The molecule has 0 radical (unpaired) electrons. The SMILES string of the molecule is CC[Si](CC)(CC)O[C@@H](COCOCC[Si](C)(C)C)CC(=O)N(C)OC. The van der Waals surface area contributed by atoms with E-state index in [1.807, 2.05) is 0 Å². The fourth-order valence-corrected chi connectivity index (χ4v) is 6.20. The summed E-state index contributed by atoms with van der Waals surface area (Å²) >= 11 is 0. The minimum Gasteiger partial charge on any atom is -0.411 e. The lowest BCUT2D eigenvalue weighted by Crippen LogP contribution is -2.43. The van der Waals surface area contributed by atoms with Gasteiger partial charge in [0.15, 0.2) is 8.32 Å². The molecule has 6 nitrogen and oxygen atoms in total. The molecule has 0 saturated heterocycles. The highest BCUT2D eigenvalue weighted by atomic mass is 28.4. The van der Waals surface area contributed by atoms with Gasteiger partial charge in [0.2, 0.25) is 5.91 Å². The van der Waals surface area contributed by atoms with Crippen molar-refractivity contribution in [2.45, 2.75) is 77.1 Å². The van der Waals surface area contributed by atoms with Crippen molar-refractivity contribution in [1.29, 1.82) is 0 Å². The molecule has 0 aromatic heterocycles. The molecule has 0 aromatic carbocycles. The van der Waals surface area contributed by atoms with Gasteiger partial charge in [-0.1, -0.05) is 40.4 Å². The largest absolute Gasteiger partial charge is 0.411 e. The maximum atomic E-state index is 12.2. The lowest BCUT2D eigenvalue weighted by atomic mass is 10.2. The topological polar surface area (TPSA) is 57.2 Å². The van der Waals surface area contributed by atoms with E-state index in [1.54, 1.807) is 7.05 Å². The number of hydrogen-bond acceptors (Lipinski definition) is 5. The number of carbonyl (C=O) groups is 1. The fraction of sp³-hybridized carbons (Fsp3) is 0.944. The standard InChI is InChI=1S/C18H41NO5Si2/c1-9-26(10-2,11-3)24-17(14-18(20)19(4)21-5)15-23-16-22-12-13-25(6,7)8/h17H,9-16H2,1-8H3/t17-/m1/s1. The van der Waals surface area contributed by atoms with Gasteiger partial charge < -0.3 is 13.9 Å². The zero-order valence-electron chi connectivity index (χ0n) is 18.2. The van der Waals surface area contributed by atoms with Crippen molar-refractivity contribution in [3.63, 3.8) is 0 Å². The Morgan fingerprint density at radius 2 is 1.62 bits per heavy atom. The second-order valence-corrected chi connectivity index (χ2v) is 18.3. The van der Waals surface area contributed by atoms with Crippen LogP contribution in [0.25, 0.3) is 0 Å². The lowest BCUT2D eigenvalue weighted by molar-refractivity contribution is -0.171. The van der Waals surface area contributed by atoms with E-state index >= 15 is 0 Å². The zero-order valence-corrected chi connectivity index (χ0v) is 20.2. The summed E-state index contributed by atoms with van der Waals surface area (Å²) in [5, 5.41) is 1.24. The van der Waals surface area contributed by atoms with E-state index in [4.69, 9.17) is 18.7 Å². The quantitative estimate of drug-likeness (QED) is 0.177. The van der Waals surface area contributed by atoms with Gasteiger partial charge in [0.25, 0.3) is 0 Å². The molecule has 0 bridgehead atoms. The van der Waals surface area contributed by atoms with Crippen molar-refractivity contribution in [3.05, 3.63) is 0 Å². The van der Waals surface area contributed by atoms with Crippen LogP contribution in [0.5, 0.6) is 0 Å². The highest BCUT2D eigenvalue weighted by Crippen LogP contribution is 2.24. The molecule has 0 fully saturated rings. The first-order valence-corrected chi connectivity index (χ1v) is 16.0. The summed E-state index contributed by atoms with van der Waals surface area (Å²) in [7, 11) is 0.193. The van der Waals surface area contributed by atoms with Crippen LogP contribution < -0.4 is 0 Å². The van der Waals surface area contributed by atoms with Crippen LogP contribution in [0.15, 0.2) is 0 Å². The summed E-state index contributed by atoms with van der Waals surface area (Å²) in [6, 6.07) is 4.23. The Bertz CT molecular complexity index is 378. The first-order chi connectivity index (χ1) is 12.1. The second-order valence-electron chi connectivity index (χ2n) is 7.97. The summed E-state index contributed by atoms with van der Waals surface area (Å²) in [5.74, 6) is -0.105. The van der Waals surface area contributed by atoms with Gasteiger partial charge in [0, 0.05) is 21.7 Å². The zero-order chi connectivity index (χ0) is 20.2. The highest BCUT2D eigenvalue weighted by molar-refractivity contribution is 6.76. The maximum absolute atomic E-state index is 12.2. The molecule has 0 N–H and O–H groups in total. The van der Waals surface area contributed by atoms with E-state index in [0.29, 0.717) is 6.61 Å². The minimum atomic E-state index is -1.82. The van der Waals surface area contributed by atoms with Gasteiger partial charge in [-0.25, -0.2) is 5.06 Å². The van der Waals surface area contributed by atoms with E-state index < -0.39 is 16.4 Å². The Kier molecular flexibility index (Phi) is 12.9. The third-order valence-electron chi connectivity index (χ3n) is 4.84. The molecule has 1 amide bonds. The average molecular weight is 408 g/mol. The van der Waals surface area contributed by atoms with Crippen LogP contribution >= 0.6 is 0 Å².